The Bertz CT molecular complexity index is 7660. The highest BCUT2D eigenvalue weighted by Crippen LogP contribution is 2.35. The summed E-state index contributed by atoms with van der Waals surface area (Å²) in [5.74, 6) is 6.06. The van der Waals surface area contributed by atoms with Gasteiger partial charge in [0.1, 0.15) is 34.9 Å². The number of halogens is 1. The standard InChI is InChI=1S/2C27H29N3O.C26H26FN3O.C26H27N3O.C21H25N3OS/c1-20(2)17-29(27(31)23-13-9-10-21(3)16-23)19-26-28-24-14-7-8-15-25(24)30(26)18-22-11-5-4-6-12-22;1-20(2)17-29(27(31)23-15-13-21(3)14-16-23)19-26-28-24-11-7-8-12-25(24)30(26)18-22-9-5-4-6-10-22;1-19(2)16-29(26(31)21-12-6-7-13-22(21)27)18-25-28-23-14-8-9-15-24(23)30(25)17-20-10-4-3-5-11-20;1-20(2)17-28(26(30)22-13-7-4-8-14-22)19-25-27-23-15-9-10-16-24(23)29(25)18-21-11-5-3-6-12-21;1-3-12-23(21(25)19-11-8-15(2)26-19)14-20-22-17-6-4-5-7-18(17)24(20)13-16-9-10-16/h2*4-16,20H,17-19H2,1-3H3;3-15,19H,16-18H2,1-2H3;3-16,20H,17-19H2,1-2H3;4-8,11,16H,3,9-10,12-14H2,1-2H3. The van der Waals surface area contributed by atoms with Crippen molar-refractivity contribution in [3.8, 4) is 0 Å². The molecule has 6 aromatic heterocycles. The van der Waals surface area contributed by atoms with Crippen LogP contribution in [0.2, 0.25) is 0 Å². The van der Waals surface area contributed by atoms with Gasteiger partial charge >= 0.3 is 0 Å². The van der Waals surface area contributed by atoms with E-state index in [1.807, 2.05) is 253 Å². The zero-order chi connectivity index (χ0) is 104. The van der Waals surface area contributed by atoms with Gasteiger partial charge in [0.05, 0.1) is 98.3 Å². The first kappa shape index (κ1) is 106. The largest absolute Gasteiger partial charge is 0.331 e. The third-order valence-corrected chi connectivity index (χ3v) is 27.1. The fraction of sp³-hybridized carbons (Fsp3) is 0.276. The SMILES string of the molecule is CC(C)CN(Cc1nc2ccccc2n1Cc1ccccc1)C(=O)c1ccccc1.CC(C)CN(Cc1nc2ccccc2n1Cc1ccccc1)C(=O)c1ccccc1F.CCCN(Cc1nc2ccccc2n1CC1CC1)C(=O)c1ccc(C)s1.Cc1ccc(C(=O)N(Cc2nc3ccccc3n2Cc2ccccc2)CC(C)C)cc1.Cc1cccc(C(=O)N(Cc2nc3ccccc3n2Cc2ccccc2)CC(C)C)c1. The normalized spacial score (nSPS) is 11.7. The number of thiophene rings is 1. The highest BCUT2D eigenvalue weighted by molar-refractivity contribution is 7.13. The lowest BCUT2D eigenvalue weighted by Crippen LogP contribution is -2.35. The highest BCUT2D eigenvalue weighted by Gasteiger charge is 2.31. The van der Waals surface area contributed by atoms with E-state index in [1.54, 1.807) is 28.4 Å². The average Bonchev–Trinajstić information content (AvgIpc) is 1.69. The maximum atomic E-state index is 14.3. The van der Waals surface area contributed by atoms with Crippen LogP contribution in [0.4, 0.5) is 4.39 Å². The predicted octanol–water partition coefficient (Wildman–Crippen LogP) is 27.2. The lowest BCUT2D eigenvalue weighted by Gasteiger charge is -2.25. The highest BCUT2D eigenvalue weighted by atomic mass is 32.1. The van der Waals surface area contributed by atoms with Crippen molar-refractivity contribution in [1.82, 2.24) is 72.3 Å². The molecule has 0 unspecified atom stereocenters. The van der Waals surface area contributed by atoms with E-state index in [0.717, 1.165) is 157 Å². The molecule has 0 radical (unpaired) electrons. The number of carbonyl (C=O) groups is 5. The Balaban J connectivity index is 0.000000133. The third-order valence-electron chi connectivity index (χ3n) is 26.1. The van der Waals surface area contributed by atoms with Crippen LogP contribution < -0.4 is 0 Å². The van der Waals surface area contributed by atoms with Gasteiger partial charge in [0, 0.05) is 87.0 Å². The van der Waals surface area contributed by atoms with E-state index in [0.29, 0.717) is 88.8 Å². The van der Waals surface area contributed by atoms with Gasteiger partial charge in [-0.05, 0) is 213 Å². The molecule has 5 amide bonds. The summed E-state index contributed by atoms with van der Waals surface area (Å²) in [7, 11) is 0. The van der Waals surface area contributed by atoms with Crippen molar-refractivity contribution in [1.29, 1.82) is 0 Å². The first-order valence-electron chi connectivity index (χ1n) is 52.1. The van der Waals surface area contributed by atoms with Crippen molar-refractivity contribution >= 4 is 96.0 Å². The minimum Gasteiger partial charge on any atom is -0.331 e. The van der Waals surface area contributed by atoms with Gasteiger partial charge in [-0.1, -0.05) is 310 Å². The Morgan fingerprint density at radius 3 is 0.946 bits per heavy atom. The monoisotopic (exact) mass is 2000 g/mol. The van der Waals surface area contributed by atoms with Crippen LogP contribution in [0.1, 0.15) is 200 Å². The second-order valence-electron chi connectivity index (χ2n) is 40.5. The van der Waals surface area contributed by atoms with Gasteiger partial charge in [0.15, 0.2) is 0 Å². The van der Waals surface area contributed by atoms with Crippen LogP contribution in [0.25, 0.3) is 55.2 Å². The Morgan fingerprint density at radius 2 is 0.611 bits per heavy atom. The number of carbonyl (C=O) groups excluding carboxylic acids is 5. The van der Waals surface area contributed by atoms with Crippen LogP contribution in [0, 0.1) is 56.2 Å². The molecule has 0 saturated heterocycles. The zero-order valence-corrected chi connectivity index (χ0v) is 88.5. The van der Waals surface area contributed by atoms with Gasteiger partial charge in [0.2, 0.25) is 0 Å². The summed E-state index contributed by atoms with van der Waals surface area (Å²) in [5.41, 5.74) is 19.6. The fourth-order valence-electron chi connectivity index (χ4n) is 18.9. The number of nitrogens with zero attached hydrogens (tertiary/aromatic N) is 15. The lowest BCUT2D eigenvalue weighted by molar-refractivity contribution is 0.0706. The van der Waals surface area contributed by atoms with Gasteiger partial charge in [0.25, 0.3) is 29.5 Å². The third kappa shape index (κ3) is 28.3. The summed E-state index contributed by atoms with van der Waals surface area (Å²) in [6.45, 7) is 34.6. The number of amides is 5. The maximum absolute atomic E-state index is 14.3. The molecule has 0 N–H and O–H groups in total. The van der Waals surface area contributed by atoms with Crippen LogP contribution in [-0.2, 0) is 65.4 Å². The molecule has 0 spiro atoms. The number of rotatable bonds is 35. The summed E-state index contributed by atoms with van der Waals surface area (Å²) < 4.78 is 25.5. The topological polar surface area (TPSA) is 191 Å². The number of fused-ring (bicyclic) bond motifs is 5. The van der Waals surface area contributed by atoms with Gasteiger partial charge in [-0.3, -0.25) is 24.0 Å². The van der Waals surface area contributed by atoms with Gasteiger partial charge < -0.3 is 47.3 Å². The number of imidazole rings is 5. The molecule has 1 fully saturated rings. The predicted molar refractivity (Wildman–Crippen MR) is 601 cm³/mol. The van der Waals surface area contributed by atoms with Crippen molar-refractivity contribution in [3.05, 3.63) is 458 Å². The molecular formula is C127H136FN15O5S. The van der Waals surface area contributed by atoms with E-state index < -0.39 is 5.82 Å². The van der Waals surface area contributed by atoms with E-state index in [9.17, 15) is 28.4 Å². The average molecular weight is 2000 g/mol. The summed E-state index contributed by atoms with van der Waals surface area (Å²) in [6.07, 6.45) is 3.55. The Labute approximate surface area is 879 Å². The van der Waals surface area contributed by atoms with Crippen molar-refractivity contribution in [2.75, 3.05) is 32.7 Å². The van der Waals surface area contributed by atoms with E-state index >= 15 is 0 Å². The summed E-state index contributed by atoms with van der Waals surface area (Å²) in [5, 5.41) is 0. The number of aryl methyl sites for hydroxylation is 3. The summed E-state index contributed by atoms with van der Waals surface area (Å²) in [6, 6.07) is 117. The van der Waals surface area contributed by atoms with E-state index in [-0.39, 0.29) is 41.0 Å². The molecule has 149 heavy (non-hydrogen) atoms. The van der Waals surface area contributed by atoms with Crippen molar-refractivity contribution in [2.24, 2.45) is 29.6 Å². The summed E-state index contributed by atoms with van der Waals surface area (Å²) in [4.78, 5) is 102. The molecule has 0 bridgehead atoms. The molecule has 1 aliphatic carbocycles. The van der Waals surface area contributed by atoms with Crippen LogP contribution >= 0.6 is 11.3 Å². The van der Waals surface area contributed by atoms with E-state index in [2.05, 4.69) is 206 Å². The first-order valence-corrected chi connectivity index (χ1v) is 53.0. The molecule has 13 aromatic carbocycles. The van der Waals surface area contributed by atoms with Gasteiger partial charge in [-0.2, -0.15) is 0 Å². The van der Waals surface area contributed by atoms with E-state index in [1.165, 1.54) is 52.1 Å². The molecule has 19 aromatic rings. The molecule has 762 valence electrons. The number of hydrogen-bond donors (Lipinski definition) is 0. The number of aromatic nitrogens is 10. The smallest absolute Gasteiger partial charge is 0.264 e. The minimum absolute atomic E-state index is 0.0441. The Kier molecular flexibility index (Phi) is 36.3. The Morgan fingerprint density at radius 1 is 0.309 bits per heavy atom. The van der Waals surface area contributed by atoms with Gasteiger partial charge in [-0.25, -0.2) is 29.3 Å². The van der Waals surface area contributed by atoms with Gasteiger partial charge in [-0.15, -0.1) is 11.3 Å². The first-order chi connectivity index (χ1) is 72.3. The minimum atomic E-state index is -0.501. The number of para-hydroxylation sites is 10. The maximum Gasteiger partial charge on any atom is 0.264 e. The van der Waals surface area contributed by atoms with Crippen LogP contribution in [0.15, 0.2) is 358 Å². The molecule has 0 aliphatic heterocycles. The number of hydrogen-bond acceptors (Lipinski definition) is 11. The molecule has 20 nitrogen and oxygen atoms in total. The van der Waals surface area contributed by atoms with Crippen LogP contribution in [0.5, 0.6) is 0 Å². The number of benzene rings is 13. The van der Waals surface area contributed by atoms with Crippen molar-refractivity contribution < 1.29 is 28.4 Å². The summed E-state index contributed by atoms with van der Waals surface area (Å²) >= 11 is 1.57. The van der Waals surface area contributed by atoms with Crippen molar-refractivity contribution in [3.63, 3.8) is 0 Å². The molecule has 22 heteroatoms. The second-order valence-corrected chi connectivity index (χ2v) is 41.7. The van der Waals surface area contributed by atoms with Crippen LogP contribution in [-0.4, -0.2) is 135 Å². The van der Waals surface area contributed by atoms with Crippen molar-refractivity contribution in [2.45, 2.75) is 168 Å². The zero-order valence-electron chi connectivity index (χ0n) is 87.7. The lowest BCUT2D eigenvalue weighted by atomic mass is 10.1. The molecule has 0 atom stereocenters. The quantitative estimate of drug-likeness (QED) is 0.0369. The fourth-order valence-corrected chi connectivity index (χ4v) is 19.7. The molecule has 6 heterocycles. The molecular weight excluding hydrogens is 1870 g/mol. The second kappa shape index (κ2) is 51.0. The molecule has 1 saturated carbocycles. The molecule has 1 aliphatic rings. The Hall–Kier alpha value is -15.8. The molecule has 20 rings (SSSR count). The van der Waals surface area contributed by atoms with Crippen LogP contribution in [0.3, 0.4) is 0 Å². The van der Waals surface area contributed by atoms with E-state index in [4.69, 9.17) is 24.9 Å².